The number of carbonyl (C=O) groups is 1. The van der Waals surface area contributed by atoms with E-state index in [0.717, 1.165) is 16.8 Å². The molecule has 154 valence electrons. The first kappa shape index (κ1) is 20.7. The highest BCUT2D eigenvalue weighted by Gasteiger charge is 2.20. The van der Waals surface area contributed by atoms with Crippen LogP contribution in [0.1, 0.15) is 10.1 Å². The average molecular weight is 438 g/mol. The van der Waals surface area contributed by atoms with Gasteiger partial charge in [-0.25, -0.2) is 0 Å². The average Bonchev–Trinajstić information content (AvgIpc) is 3.33. The zero-order chi connectivity index (χ0) is 20.8. The zero-order valence-electron chi connectivity index (χ0n) is 16.7. The Bertz CT molecular complexity index is 1000. The van der Waals surface area contributed by atoms with Crippen molar-refractivity contribution in [1.29, 1.82) is 0 Å². The minimum absolute atomic E-state index is 0.0915. The number of para-hydroxylation sites is 1. The monoisotopic (exact) mass is 437 g/mol. The van der Waals surface area contributed by atoms with Gasteiger partial charge in [0.05, 0.1) is 11.7 Å². The summed E-state index contributed by atoms with van der Waals surface area (Å²) in [4.78, 5) is 12.6. The largest absolute Gasteiger partial charge is 0.493 e. The van der Waals surface area contributed by atoms with E-state index in [-0.39, 0.29) is 12.5 Å². The molecule has 0 aliphatic carbocycles. The minimum Gasteiger partial charge on any atom is -0.493 e. The van der Waals surface area contributed by atoms with Crippen molar-refractivity contribution in [2.45, 2.75) is 4.58 Å². The summed E-state index contributed by atoms with van der Waals surface area (Å²) in [6.07, 6.45) is 0. The molecule has 1 N–H and O–H groups in total. The molecular formula is C24H23NO3S2. The first-order chi connectivity index (χ1) is 14.7. The molecule has 0 atom stereocenters. The molecule has 4 rings (SSSR count). The molecule has 4 nitrogen and oxygen atoms in total. The zero-order valence-corrected chi connectivity index (χ0v) is 18.3. The van der Waals surface area contributed by atoms with E-state index in [1.165, 1.54) is 17.1 Å². The van der Waals surface area contributed by atoms with Crippen LogP contribution < -0.4 is 14.8 Å². The van der Waals surface area contributed by atoms with Crippen LogP contribution in [0.3, 0.4) is 0 Å². The van der Waals surface area contributed by atoms with Crippen LogP contribution in [0.15, 0.2) is 72.8 Å². The van der Waals surface area contributed by atoms with E-state index in [9.17, 15) is 4.79 Å². The van der Waals surface area contributed by atoms with Crippen molar-refractivity contribution in [1.82, 2.24) is 0 Å². The number of benzene rings is 3. The number of rotatable bonds is 7. The van der Waals surface area contributed by atoms with Crippen molar-refractivity contribution < 1.29 is 14.3 Å². The smallest absolute Gasteiger partial charge is 0.262 e. The molecule has 1 heterocycles. The van der Waals surface area contributed by atoms with E-state index in [2.05, 4.69) is 11.4 Å². The summed E-state index contributed by atoms with van der Waals surface area (Å²) in [7, 11) is 1.62. The van der Waals surface area contributed by atoms with E-state index in [0.29, 0.717) is 16.1 Å². The summed E-state index contributed by atoms with van der Waals surface area (Å²) in [6.45, 7) is -0.0915. The molecule has 0 saturated carbocycles. The molecule has 0 spiro atoms. The summed E-state index contributed by atoms with van der Waals surface area (Å²) in [5, 5.41) is 2.96. The van der Waals surface area contributed by atoms with E-state index >= 15 is 0 Å². The van der Waals surface area contributed by atoms with Gasteiger partial charge in [-0.1, -0.05) is 54.6 Å². The van der Waals surface area contributed by atoms with E-state index < -0.39 is 0 Å². The van der Waals surface area contributed by atoms with Gasteiger partial charge in [0.2, 0.25) is 0 Å². The van der Waals surface area contributed by atoms with Crippen LogP contribution in [0.2, 0.25) is 0 Å². The lowest BCUT2D eigenvalue weighted by Crippen LogP contribution is -2.20. The summed E-state index contributed by atoms with van der Waals surface area (Å²) in [5.74, 6) is 3.34. The predicted molar refractivity (Wildman–Crippen MR) is 127 cm³/mol. The van der Waals surface area contributed by atoms with Gasteiger partial charge < -0.3 is 14.8 Å². The summed E-state index contributed by atoms with van der Waals surface area (Å²) >= 11 is 3.88. The third kappa shape index (κ3) is 4.94. The van der Waals surface area contributed by atoms with Gasteiger partial charge in [0, 0.05) is 22.8 Å². The van der Waals surface area contributed by atoms with Gasteiger partial charge in [-0.2, -0.15) is 0 Å². The van der Waals surface area contributed by atoms with Crippen LogP contribution in [-0.2, 0) is 4.79 Å². The number of anilines is 1. The fraction of sp³-hybridized carbons (Fsp3) is 0.208. The molecule has 1 aliphatic rings. The molecule has 3 aromatic carbocycles. The van der Waals surface area contributed by atoms with Crippen LogP contribution >= 0.6 is 23.5 Å². The molecule has 30 heavy (non-hydrogen) atoms. The second-order valence-electron chi connectivity index (χ2n) is 6.73. The molecule has 1 aliphatic heterocycles. The van der Waals surface area contributed by atoms with Crippen molar-refractivity contribution >= 4 is 35.1 Å². The van der Waals surface area contributed by atoms with Crippen LogP contribution in [0.5, 0.6) is 11.5 Å². The van der Waals surface area contributed by atoms with Gasteiger partial charge in [0.15, 0.2) is 18.1 Å². The van der Waals surface area contributed by atoms with Crippen LogP contribution in [0.25, 0.3) is 11.1 Å². The van der Waals surface area contributed by atoms with Crippen molar-refractivity contribution in [2.75, 3.05) is 30.5 Å². The van der Waals surface area contributed by atoms with Crippen LogP contribution in [0.4, 0.5) is 5.69 Å². The summed E-state index contributed by atoms with van der Waals surface area (Å²) < 4.78 is 11.7. The predicted octanol–water partition coefficient (Wildman–Crippen LogP) is 5.86. The second kappa shape index (κ2) is 9.96. The molecule has 0 aromatic heterocycles. The van der Waals surface area contributed by atoms with E-state index in [1.54, 1.807) is 7.11 Å². The molecule has 1 fully saturated rings. The van der Waals surface area contributed by atoms with Crippen LogP contribution in [-0.4, -0.2) is 31.1 Å². The fourth-order valence-electron chi connectivity index (χ4n) is 3.29. The molecule has 6 heteroatoms. The maximum Gasteiger partial charge on any atom is 0.262 e. The number of amides is 1. The van der Waals surface area contributed by atoms with Gasteiger partial charge in [0.25, 0.3) is 5.91 Å². The molecule has 0 unspecified atom stereocenters. The number of thioether (sulfide) groups is 2. The molecular weight excluding hydrogens is 414 g/mol. The topological polar surface area (TPSA) is 47.6 Å². The van der Waals surface area contributed by atoms with Gasteiger partial charge in [0.1, 0.15) is 0 Å². The Balaban J connectivity index is 1.42. The lowest BCUT2D eigenvalue weighted by Gasteiger charge is -2.15. The Hall–Kier alpha value is -2.57. The molecule has 1 saturated heterocycles. The summed E-state index contributed by atoms with van der Waals surface area (Å²) in [5.41, 5.74) is 4.00. The number of hydrogen-bond acceptors (Lipinski definition) is 5. The van der Waals surface area contributed by atoms with Crippen molar-refractivity contribution in [2.24, 2.45) is 0 Å². The SMILES string of the molecule is COc1cc(C2SCCS2)ccc1OCC(=O)Nc1ccccc1-c1ccccc1. The molecule has 0 radical (unpaired) electrons. The highest BCUT2D eigenvalue weighted by molar-refractivity contribution is 8.19. The Morgan fingerprint density at radius 3 is 2.47 bits per heavy atom. The second-order valence-corrected chi connectivity index (χ2v) is 9.46. The lowest BCUT2D eigenvalue weighted by molar-refractivity contribution is -0.118. The van der Waals surface area contributed by atoms with Gasteiger partial charge in [-0.05, 0) is 29.3 Å². The number of ether oxygens (including phenoxy) is 2. The highest BCUT2D eigenvalue weighted by Crippen LogP contribution is 2.46. The normalized spacial score (nSPS) is 13.8. The Kier molecular flexibility index (Phi) is 6.87. The molecule has 0 bridgehead atoms. The molecule has 3 aromatic rings. The first-order valence-corrected chi connectivity index (χ1v) is 11.8. The quantitative estimate of drug-likeness (QED) is 0.502. The Morgan fingerprint density at radius 2 is 1.70 bits per heavy atom. The Labute approximate surface area is 185 Å². The number of carbonyl (C=O) groups excluding carboxylic acids is 1. The number of nitrogens with one attached hydrogen (secondary N) is 1. The Morgan fingerprint density at radius 1 is 0.967 bits per heavy atom. The van der Waals surface area contributed by atoms with Gasteiger partial charge in [-0.15, -0.1) is 23.5 Å². The van der Waals surface area contributed by atoms with Crippen molar-refractivity contribution in [3.8, 4) is 22.6 Å². The molecule has 1 amide bonds. The van der Waals surface area contributed by atoms with Crippen molar-refractivity contribution in [3.05, 3.63) is 78.4 Å². The first-order valence-electron chi connectivity index (χ1n) is 9.73. The third-order valence-electron chi connectivity index (χ3n) is 4.73. The maximum atomic E-state index is 12.6. The van der Waals surface area contributed by atoms with E-state index in [1.807, 2.05) is 90.3 Å². The fourth-order valence-corrected chi connectivity index (χ4v) is 6.13. The van der Waals surface area contributed by atoms with Crippen LogP contribution in [0, 0.1) is 0 Å². The highest BCUT2D eigenvalue weighted by atomic mass is 32.2. The number of hydrogen-bond donors (Lipinski definition) is 1. The van der Waals surface area contributed by atoms with Gasteiger partial charge >= 0.3 is 0 Å². The standard InChI is InChI=1S/C24H23NO3S2/c1-27-22-15-18(24-29-13-14-30-24)11-12-21(22)28-16-23(26)25-20-10-6-5-9-19(20)17-7-3-2-4-8-17/h2-12,15,24H,13-14,16H2,1H3,(H,25,26). The van der Waals surface area contributed by atoms with Gasteiger partial charge in [-0.3, -0.25) is 4.79 Å². The van der Waals surface area contributed by atoms with Crippen molar-refractivity contribution in [3.63, 3.8) is 0 Å². The minimum atomic E-state index is -0.216. The summed E-state index contributed by atoms with van der Waals surface area (Å²) in [6, 6.07) is 23.7. The van der Waals surface area contributed by atoms with E-state index in [4.69, 9.17) is 9.47 Å². The lowest BCUT2D eigenvalue weighted by atomic mass is 10.0. The third-order valence-corrected chi connectivity index (χ3v) is 7.83. The maximum absolute atomic E-state index is 12.6. The number of methoxy groups -OCH3 is 1.